The van der Waals surface area contributed by atoms with E-state index in [4.69, 9.17) is 0 Å². The lowest BCUT2D eigenvalue weighted by molar-refractivity contribution is -0.000803. The molecule has 2 atom stereocenters. The van der Waals surface area contributed by atoms with Crippen LogP contribution in [-0.2, 0) is 5.54 Å². The van der Waals surface area contributed by atoms with Gasteiger partial charge in [0.1, 0.15) is 5.01 Å². The lowest BCUT2D eigenvalue weighted by Crippen LogP contribution is -2.66. The highest BCUT2D eigenvalue weighted by Crippen LogP contribution is 2.35. The molecule has 2 rings (SSSR count). The van der Waals surface area contributed by atoms with E-state index in [0.717, 1.165) is 19.5 Å². The Morgan fingerprint density at radius 1 is 1.53 bits per heavy atom. The Morgan fingerprint density at radius 3 is 2.79 bits per heavy atom. The summed E-state index contributed by atoms with van der Waals surface area (Å²) in [6, 6.07) is 0.596. The third-order valence-corrected chi connectivity index (χ3v) is 5.74. The number of rotatable bonds is 4. The fraction of sp³-hybridized carbons (Fsp3) is 0.800. The molecule has 108 valence electrons. The molecule has 0 saturated carbocycles. The van der Waals surface area contributed by atoms with Crippen LogP contribution < -0.4 is 5.32 Å². The van der Waals surface area contributed by atoms with E-state index >= 15 is 0 Å². The van der Waals surface area contributed by atoms with E-state index in [2.05, 4.69) is 55.2 Å². The second kappa shape index (κ2) is 5.51. The minimum atomic E-state index is 0.0212. The number of hydrogen-bond donors (Lipinski definition) is 1. The predicted molar refractivity (Wildman–Crippen MR) is 82.6 cm³/mol. The summed E-state index contributed by atoms with van der Waals surface area (Å²) < 4.78 is 0. The molecule has 2 unspecified atom stereocenters. The van der Waals surface area contributed by atoms with Crippen LogP contribution in [-0.4, -0.2) is 34.6 Å². The maximum absolute atomic E-state index is 4.56. The summed E-state index contributed by atoms with van der Waals surface area (Å²) in [7, 11) is 0. The summed E-state index contributed by atoms with van der Waals surface area (Å²) in [6.07, 6.45) is 4.26. The molecule has 1 aromatic rings. The summed E-state index contributed by atoms with van der Waals surface area (Å²) in [4.78, 5) is 7.22. The van der Waals surface area contributed by atoms with E-state index in [0.29, 0.717) is 6.04 Å². The van der Waals surface area contributed by atoms with Gasteiger partial charge in [-0.3, -0.25) is 4.90 Å². The number of piperazine rings is 1. The first-order valence-electron chi connectivity index (χ1n) is 7.34. The maximum Gasteiger partial charge on any atom is 0.112 e. The highest BCUT2D eigenvalue weighted by atomic mass is 32.1. The van der Waals surface area contributed by atoms with Gasteiger partial charge in [-0.1, -0.05) is 13.8 Å². The Balaban J connectivity index is 2.28. The van der Waals surface area contributed by atoms with Gasteiger partial charge in [0.2, 0.25) is 0 Å². The van der Waals surface area contributed by atoms with Crippen LogP contribution in [0.4, 0.5) is 0 Å². The van der Waals surface area contributed by atoms with Gasteiger partial charge in [0.15, 0.2) is 0 Å². The Labute approximate surface area is 121 Å². The van der Waals surface area contributed by atoms with Crippen molar-refractivity contribution in [2.75, 3.05) is 13.1 Å². The zero-order chi connectivity index (χ0) is 14.1. The van der Waals surface area contributed by atoms with Crippen molar-refractivity contribution >= 4 is 11.3 Å². The Hall–Kier alpha value is -0.450. The third-order valence-electron chi connectivity index (χ3n) is 4.65. The van der Waals surface area contributed by atoms with Crippen molar-refractivity contribution in [2.24, 2.45) is 0 Å². The van der Waals surface area contributed by atoms with Crippen molar-refractivity contribution in [3.63, 3.8) is 0 Å². The van der Waals surface area contributed by atoms with Crippen molar-refractivity contribution in [3.05, 3.63) is 16.6 Å². The van der Waals surface area contributed by atoms with Crippen LogP contribution in [0.3, 0.4) is 0 Å². The molecule has 4 heteroatoms. The minimum absolute atomic E-state index is 0.0212. The first kappa shape index (κ1) is 14.9. The molecule has 0 bridgehead atoms. The summed E-state index contributed by atoms with van der Waals surface area (Å²) in [5, 5.41) is 7.05. The molecule has 3 nitrogen and oxygen atoms in total. The molecule has 1 fully saturated rings. The van der Waals surface area contributed by atoms with E-state index in [1.165, 1.54) is 11.4 Å². The van der Waals surface area contributed by atoms with Gasteiger partial charge in [-0.15, -0.1) is 11.3 Å². The maximum atomic E-state index is 4.56. The lowest BCUT2D eigenvalue weighted by Gasteiger charge is -2.52. The molecule has 0 aromatic carbocycles. The number of thiazole rings is 1. The Kier molecular flexibility index (Phi) is 4.33. The van der Waals surface area contributed by atoms with E-state index in [1.807, 2.05) is 6.20 Å². The zero-order valence-corrected chi connectivity index (χ0v) is 13.7. The summed E-state index contributed by atoms with van der Waals surface area (Å²) in [5.74, 6) is 0. The molecule has 0 spiro atoms. The average molecular weight is 281 g/mol. The molecule has 1 aromatic heterocycles. The topological polar surface area (TPSA) is 28.2 Å². The number of hydrogen-bond acceptors (Lipinski definition) is 4. The quantitative estimate of drug-likeness (QED) is 0.918. The molecule has 1 N–H and O–H groups in total. The van der Waals surface area contributed by atoms with Crippen LogP contribution in [0.25, 0.3) is 0 Å². The number of nitrogens with one attached hydrogen (secondary N) is 1. The second-order valence-electron chi connectivity index (χ2n) is 6.38. The fourth-order valence-electron chi connectivity index (χ4n) is 2.94. The van der Waals surface area contributed by atoms with Gasteiger partial charge >= 0.3 is 0 Å². The van der Waals surface area contributed by atoms with Crippen molar-refractivity contribution < 1.29 is 0 Å². The molecule has 0 amide bonds. The van der Waals surface area contributed by atoms with Crippen LogP contribution >= 0.6 is 11.3 Å². The van der Waals surface area contributed by atoms with Crippen molar-refractivity contribution in [1.82, 2.24) is 15.2 Å². The predicted octanol–water partition coefficient (Wildman–Crippen LogP) is 3.23. The van der Waals surface area contributed by atoms with Gasteiger partial charge in [0.25, 0.3) is 0 Å². The van der Waals surface area contributed by atoms with Crippen LogP contribution in [0.5, 0.6) is 0 Å². The number of nitrogens with zero attached hydrogens (tertiary/aromatic N) is 2. The zero-order valence-electron chi connectivity index (χ0n) is 12.9. The number of aromatic nitrogens is 1. The molecular weight excluding hydrogens is 254 g/mol. The molecular formula is C15H27N3S. The molecule has 0 radical (unpaired) electrons. The van der Waals surface area contributed by atoms with Crippen molar-refractivity contribution in [3.8, 4) is 0 Å². The first-order chi connectivity index (χ1) is 8.93. The average Bonchev–Trinajstić information content (AvgIpc) is 2.93. The summed E-state index contributed by atoms with van der Waals surface area (Å²) in [5.41, 5.74) is 0.244. The van der Waals surface area contributed by atoms with Crippen LogP contribution in [0, 0.1) is 0 Å². The van der Waals surface area contributed by atoms with Crippen molar-refractivity contribution in [2.45, 2.75) is 64.6 Å². The van der Waals surface area contributed by atoms with Gasteiger partial charge in [-0.2, -0.15) is 0 Å². The van der Waals surface area contributed by atoms with Crippen LogP contribution in [0.1, 0.15) is 52.5 Å². The van der Waals surface area contributed by atoms with E-state index in [9.17, 15) is 0 Å². The molecule has 19 heavy (non-hydrogen) atoms. The van der Waals surface area contributed by atoms with Gasteiger partial charge in [-0.05, 0) is 33.6 Å². The second-order valence-corrected chi connectivity index (χ2v) is 7.28. The summed E-state index contributed by atoms with van der Waals surface area (Å²) >= 11 is 1.77. The monoisotopic (exact) mass is 281 g/mol. The highest BCUT2D eigenvalue weighted by Gasteiger charge is 2.42. The van der Waals surface area contributed by atoms with Crippen LogP contribution in [0.15, 0.2) is 11.6 Å². The standard InChI is InChI=1S/C15H27N3S/c1-6-12-10-17-15(5,7-2)11-18(12)14(3,4)13-16-8-9-19-13/h8-9,12,17H,6-7,10-11H2,1-5H3. The van der Waals surface area contributed by atoms with Gasteiger partial charge in [0.05, 0.1) is 5.54 Å². The highest BCUT2D eigenvalue weighted by molar-refractivity contribution is 7.09. The van der Waals surface area contributed by atoms with Crippen LogP contribution in [0.2, 0.25) is 0 Å². The lowest BCUT2D eigenvalue weighted by atomic mass is 9.88. The molecule has 1 aliphatic heterocycles. The molecule has 0 aliphatic carbocycles. The largest absolute Gasteiger partial charge is 0.309 e. The van der Waals surface area contributed by atoms with E-state index in [1.54, 1.807) is 11.3 Å². The molecule has 1 saturated heterocycles. The van der Waals surface area contributed by atoms with Gasteiger partial charge in [0, 0.05) is 36.2 Å². The Morgan fingerprint density at radius 2 is 2.26 bits per heavy atom. The molecule has 1 aliphatic rings. The normalized spacial score (nSPS) is 29.6. The Bertz CT molecular complexity index is 402. The van der Waals surface area contributed by atoms with Gasteiger partial charge in [-0.25, -0.2) is 4.98 Å². The third kappa shape index (κ3) is 2.86. The molecule has 2 heterocycles. The first-order valence-corrected chi connectivity index (χ1v) is 8.22. The SMILES string of the molecule is CCC1CNC(C)(CC)CN1C(C)(C)c1nccs1. The smallest absolute Gasteiger partial charge is 0.112 e. The summed E-state index contributed by atoms with van der Waals surface area (Å²) in [6.45, 7) is 13.7. The van der Waals surface area contributed by atoms with E-state index < -0.39 is 0 Å². The fourth-order valence-corrected chi connectivity index (χ4v) is 3.72. The van der Waals surface area contributed by atoms with Gasteiger partial charge < -0.3 is 5.32 Å². The minimum Gasteiger partial charge on any atom is -0.309 e. The van der Waals surface area contributed by atoms with E-state index in [-0.39, 0.29) is 11.1 Å². The van der Waals surface area contributed by atoms with Crippen molar-refractivity contribution in [1.29, 1.82) is 0 Å².